The highest BCUT2D eigenvalue weighted by Crippen LogP contribution is 1.93. The van der Waals surface area contributed by atoms with Crippen molar-refractivity contribution >= 4 is 5.97 Å². The maximum Gasteiger partial charge on any atom is 0.360 e. The van der Waals surface area contributed by atoms with Crippen molar-refractivity contribution in [2.45, 2.75) is 6.42 Å². The fourth-order valence-corrected chi connectivity index (χ4v) is 0.622. The number of hydrogen-bond donors (Lipinski definition) is 2. The van der Waals surface area contributed by atoms with Crippen LogP contribution in [0.2, 0.25) is 0 Å². The monoisotopic (exact) mass is 170 g/mol. The average molecular weight is 170 g/mol. The standard InChI is InChI=1S/C6H10N4O2/c7-2-1-3-12-6(11)5-4-8-10-9-5/h4H,1-3,7H2,(H,8,9,10). The van der Waals surface area contributed by atoms with Gasteiger partial charge < -0.3 is 10.5 Å². The first-order valence-electron chi connectivity index (χ1n) is 3.57. The zero-order valence-corrected chi connectivity index (χ0v) is 6.49. The normalized spacial score (nSPS) is 9.75. The van der Waals surface area contributed by atoms with E-state index in [1.54, 1.807) is 0 Å². The molecular formula is C6H10N4O2. The minimum Gasteiger partial charge on any atom is -0.461 e. The predicted molar refractivity (Wildman–Crippen MR) is 40.3 cm³/mol. The molecule has 1 heterocycles. The second kappa shape index (κ2) is 4.45. The number of aromatic amines is 1. The molecule has 0 aromatic carbocycles. The van der Waals surface area contributed by atoms with Crippen LogP contribution in [0.5, 0.6) is 0 Å². The third-order valence-corrected chi connectivity index (χ3v) is 1.21. The topological polar surface area (TPSA) is 93.9 Å². The highest BCUT2D eigenvalue weighted by Gasteiger charge is 2.08. The van der Waals surface area contributed by atoms with Gasteiger partial charge in [0.25, 0.3) is 0 Å². The number of esters is 1. The molecule has 0 aliphatic rings. The lowest BCUT2D eigenvalue weighted by Crippen LogP contribution is -2.10. The molecular weight excluding hydrogens is 160 g/mol. The van der Waals surface area contributed by atoms with Crippen molar-refractivity contribution in [3.8, 4) is 0 Å². The summed E-state index contributed by atoms with van der Waals surface area (Å²) in [6.07, 6.45) is 1.97. The Hall–Kier alpha value is -1.43. The third kappa shape index (κ3) is 2.31. The van der Waals surface area contributed by atoms with Crippen LogP contribution < -0.4 is 5.73 Å². The fourth-order valence-electron chi connectivity index (χ4n) is 0.622. The Morgan fingerprint density at radius 3 is 3.17 bits per heavy atom. The summed E-state index contributed by atoms with van der Waals surface area (Å²) in [4.78, 5) is 11.0. The molecule has 3 N–H and O–H groups in total. The summed E-state index contributed by atoms with van der Waals surface area (Å²) in [7, 11) is 0. The molecule has 6 nitrogen and oxygen atoms in total. The summed E-state index contributed by atoms with van der Waals surface area (Å²) in [6, 6.07) is 0. The summed E-state index contributed by atoms with van der Waals surface area (Å²) >= 11 is 0. The van der Waals surface area contributed by atoms with Crippen LogP contribution in [0, 0.1) is 0 Å². The first-order valence-corrected chi connectivity index (χ1v) is 3.57. The van der Waals surface area contributed by atoms with Crippen molar-refractivity contribution in [3.63, 3.8) is 0 Å². The quantitative estimate of drug-likeness (QED) is 0.460. The van der Waals surface area contributed by atoms with Crippen LogP contribution in [0.4, 0.5) is 0 Å². The molecule has 0 atom stereocenters. The minimum absolute atomic E-state index is 0.187. The van der Waals surface area contributed by atoms with Gasteiger partial charge in [0.15, 0.2) is 5.69 Å². The van der Waals surface area contributed by atoms with Gasteiger partial charge in [0.05, 0.1) is 12.8 Å². The number of nitrogens with one attached hydrogen (secondary N) is 1. The molecule has 0 unspecified atom stereocenters. The number of H-pyrrole nitrogens is 1. The van der Waals surface area contributed by atoms with Gasteiger partial charge >= 0.3 is 5.97 Å². The molecule has 0 amide bonds. The summed E-state index contributed by atoms with van der Waals surface area (Å²) in [5, 5.41) is 9.34. The Bertz CT molecular complexity index is 234. The van der Waals surface area contributed by atoms with Gasteiger partial charge in [0, 0.05) is 0 Å². The van der Waals surface area contributed by atoms with Crippen molar-refractivity contribution in [2.75, 3.05) is 13.2 Å². The highest BCUT2D eigenvalue weighted by atomic mass is 16.5. The second-order valence-corrected chi connectivity index (χ2v) is 2.13. The Labute approximate surface area is 69.1 Å². The smallest absolute Gasteiger partial charge is 0.360 e. The summed E-state index contributed by atoms with van der Waals surface area (Å²) in [5.41, 5.74) is 5.40. The molecule has 0 bridgehead atoms. The Morgan fingerprint density at radius 2 is 2.58 bits per heavy atom. The average Bonchev–Trinajstić information content (AvgIpc) is 2.56. The molecule has 0 spiro atoms. The van der Waals surface area contributed by atoms with Crippen LogP contribution in [0.15, 0.2) is 6.20 Å². The first kappa shape index (κ1) is 8.66. The van der Waals surface area contributed by atoms with Crippen molar-refractivity contribution in [1.29, 1.82) is 0 Å². The molecule has 12 heavy (non-hydrogen) atoms. The highest BCUT2D eigenvalue weighted by molar-refractivity contribution is 5.86. The van der Waals surface area contributed by atoms with E-state index in [0.29, 0.717) is 19.6 Å². The minimum atomic E-state index is -0.475. The van der Waals surface area contributed by atoms with E-state index in [2.05, 4.69) is 15.4 Å². The van der Waals surface area contributed by atoms with Crippen LogP contribution in [-0.4, -0.2) is 34.5 Å². The van der Waals surface area contributed by atoms with E-state index in [1.165, 1.54) is 6.20 Å². The maximum atomic E-state index is 11.0. The lowest BCUT2D eigenvalue weighted by Gasteiger charge is -1.99. The lowest BCUT2D eigenvalue weighted by atomic mass is 10.4. The number of aromatic nitrogens is 3. The van der Waals surface area contributed by atoms with E-state index in [4.69, 9.17) is 10.5 Å². The fraction of sp³-hybridized carbons (Fsp3) is 0.500. The number of carbonyl (C=O) groups excluding carboxylic acids is 1. The van der Waals surface area contributed by atoms with E-state index < -0.39 is 5.97 Å². The summed E-state index contributed by atoms with van der Waals surface area (Å²) in [5.74, 6) is -0.475. The van der Waals surface area contributed by atoms with Crippen molar-refractivity contribution in [1.82, 2.24) is 15.4 Å². The SMILES string of the molecule is NCCCOC(=O)c1cn[nH]n1. The molecule has 0 radical (unpaired) electrons. The van der Waals surface area contributed by atoms with E-state index in [9.17, 15) is 4.79 Å². The van der Waals surface area contributed by atoms with Gasteiger partial charge in [-0.3, -0.25) is 0 Å². The molecule has 0 aliphatic carbocycles. The van der Waals surface area contributed by atoms with Crippen LogP contribution in [0.25, 0.3) is 0 Å². The number of hydrogen-bond acceptors (Lipinski definition) is 5. The number of nitrogens with zero attached hydrogens (tertiary/aromatic N) is 2. The second-order valence-electron chi connectivity index (χ2n) is 2.13. The zero-order chi connectivity index (χ0) is 8.81. The number of carbonyl (C=O) groups is 1. The molecule has 0 saturated carbocycles. The van der Waals surface area contributed by atoms with Gasteiger partial charge in [-0.2, -0.15) is 10.3 Å². The predicted octanol–water partition coefficient (Wildman–Crippen LogP) is -0.690. The van der Waals surface area contributed by atoms with E-state index in [-0.39, 0.29) is 5.69 Å². The van der Waals surface area contributed by atoms with Gasteiger partial charge in [-0.1, -0.05) is 0 Å². The first-order chi connectivity index (χ1) is 5.84. The third-order valence-electron chi connectivity index (χ3n) is 1.21. The lowest BCUT2D eigenvalue weighted by molar-refractivity contribution is 0.0496. The number of rotatable bonds is 4. The van der Waals surface area contributed by atoms with Gasteiger partial charge in [-0.25, -0.2) is 4.79 Å². The Balaban J connectivity index is 2.30. The zero-order valence-electron chi connectivity index (χ0n) is 6.49. The summed E-state index contributed by atoms with van der Waals surface area (Å²) in [6.45, 7) is 0.828. The van der Waals surface area contributed by atoms with Crippen molar-refractivity contribution in [2.24, 2.45) is 5.73 Å². The Morgan fingerprint density at radius 1 is 1.75 bits per heavy atom. The molecule has 0 aliphatic heterocycles. The molecule has 1 aromatic rings. The molecule has 6 heteroatoms. The van der Waals surface area contributed by atoms with Gasteiger partial charge in [0.2, 0.25) is 0 Å². The van der Waals surface area contributed by atoms with Crippen LogP contribution in [0.3, 0.4) is 0 Å². The molecule has 0 saturated heterocycles. The van der Waals surface area contributed by atoms with Gasteiger partial charge in [0.1, 0.15) is 0 Å². The van der Waals surface area contributed by atoms with E-state index >= 15 is 0 Å². The van der Waals surface area contributed by atoms with Crippen LogP contribution in [0.1, 0.15) is 16.9 Å². The maximum absolute atomic E-state index is 11.0. The van der Waals surface area contributed by atoms with Crippen LogP contribution in [-0.2, 0) is 4.74 Å². The molecule has 0 fully saturated rings. The summed E-state index contributed by atoms with van der Waals surface area (Å²) < 4.78 is 4.79. The van der Waals surface area contributed by atoms with E-state index in [0.717, 1.165) is 0 Å². The van der Waals surface area contributed by atoms with Crippen molar-refractivity contribution in [3.05, 3.63) is 11.9 Å². The number of ether oxygens (including phenoxy) is 1. The largest absolute Gasteiger partial charge is 0.461 e. The van der Waals surface area contributed by atoms with Gasteiger partial charge in [-0.15, -0.1) is 5.10 Å². The number of nitrogens with two attached hydrogens (primary N) is 1. The molecule has 66 valence electrons. The van der Waals surface area contributed by atoms with Crippen molar-refractivity contribution < 1.29 is 9.53 Å². The Kier molecular flexibility index (Phi) is 3.21. The van der Waals surface area contributed by atoms with E-state index in [1.807, 2.05) is 0 Å². The molecule has 1 aromatic heterocycles. The molecule has 1 rings (SSSR count). The van der Waals surface area contributed by atoms with Gasteiger partial charge in [-0.05, 0) is 13.0 Å². The van der Waals surface area contributed by atoms with Crippen LogP contribution >= 0.6 is 0 Å².